The molecule has 0 aromatic heterocycles. The van der Waals surface area contributed by atoms with E-state index in [1.54, 1.807) is 0 Å². The molecule has 0 aromatic carbocycles. The number of ether oxygens (including phenoxy) is 1. The van der Waals surface area contributed by atoms with E-state index in [1.165, 1.54) is 25.7 Å². The van der Waals surface area contributed by atoms with Crippen LogP contribution in [-0.4, -0.2) is 12.2 Å². The van der Waals surface area contributed by atoms with Crippen LogP contribution in [0, 0.1) is 11.8 Å². The molecule has 1 saturated carbocycles. The fraction of sp³-hybridized carbons (Fsp3) is 1.00. The largest absolute Gasteiger partial charge is 0.375 e. The molecule has 0 unspecified atom stereocenters. The van der Waals surface area contributed by atoms with Crippen molar-refractivity contribution in [1.29, 1.82) is 0 Å². The highest BCUT2D eigenvalue weighted by atomic mass is 16.5. The third kappa shape index (κ3) is 4.55. The van der Waals surface area contributed by atoms with Crippen molar-refractivity contribution in [1.82, 2.24) is 0 Å². The smallest absolute Gasteiger partial charge is 0.0654 e. The maximum absolute atomic E-state index is 5.95. The highest BCUT2D eigenvalue weighted by Crippen LogP contribution is 2.37. The molecular formula is C14H30O. The Morgan fingerprint density at radius 2 is 1.80 bits per heavy atom. The number of hydrogen-bond donors (Lipinski definition) is 0. The molecule has 1 rings (SSSR count). The maximum atomic E-state index is 5.95. The van der Waals surface area contributed by atoms with E-state index in [2.05, 4.69) is 27.7 Å². The molecular weight excluding hydrogens is 184 g/mol. The molecule has 0 atom stereocenters. The lowest BCUT2D eigenvalue weighted by molar-refractivity contribution is -0.0675. The van der Waals surface area contributed by atoms with Gasteiger partial charge >= 0.3 is 0 Å². The minimum absolute atomic E-state index is 0. The lowest BCUT2D eigenvalue weighted by Gasteiger charge is -2.38. The van der Waals surface area contributed by atoms with Gasteiger partial charge in [0.1, 0.15) is 0 Å². The highest BCUT2D eigenvalue weighted by Gasteiger charge is 2.32. The fourth-order valence-electron chi connectivity index (χ4n) is 2.41. The summed E-state index contributed by atoms with van der Waals surface area (Å²) in [6.07, 6.45) is 6.38. The summed E-state index contributed by atoms with van der Waals surface area (Å²) in [6, 6.07) is 0. The topological polar surface area (TPSA) is 9.23 Å². The molecule has 0 N–H and O–H groups in total. The van der Waals surface area contributed by atoms with Crippen molar-refractivity contribution in [3.8, 4) is 0 Å². The number of hydrogen-bond acceptors (Lipinski definition) is 1. The monoisotopic (exact) mass is 214 g/mol. The summed E-state index contributed by atoms with van der Waals surface area (Å²) >= 11 is 0. The molecule has 1 aliphatic carbocycles. The molecule has 0 heterocycles. The third-order valence-corrected chi connectivity index (χ3v) is 3.69. The van der Waals surface area contributed by atoms with Gasteiger partial charge in [-0.3, -0.25) is 0 Å². The zero-order valence-electron chi connectivity index (χ0n) is 10.3. The van der Waals surface area contributed by atoms with Crippen molar-refractivity contribution < 1.29 is 4.74 Å². The van der Waals surface area contributed by atoms with Gasteiger partial charge in [0.15, 0.2) is 0 Å². The summed E-state index contributed by atoms with van der Waals surface area (Å²) in [5.74, 6) is 1.79. The van der Waals surface area contributed by atoms with Crippen LogP contribution in [0.1, 0.15) is 67.2 Å². The first-order chi connectivity index (χ1) is 6.57. The zero-order valence-corrected chi connectivity index (χ0v) is 10.3. The van der Waals surface area contributed by atoms with Crippen molar-refractivity contribution in [3.63, 3.8) is 0 Å². The minimum atomic E-state index is 0. The Balaban J connectivity index is 0.00000196. The van der Waals surface area contributed by atoms with Crippen molar-refractivity contribution >= 4 is 0 Å². The standard InChI is InChI=1S/C13H26O.CH4/c1-5-10-14-13(4)8-6-12(7-9-13)11(2)3;/h11-12H,5-10H2,1-4H3;1H4. The molecule has 0 aliphatic heterocycles. The first kappa shape index (κ1) is 15.0. The van der Waals surface area contributed by atoms with Crippen LogP contribution in [0.3, 0.4) is 0 Å². The quantitative estimate of drug-likeness (QED) is 0.661. The molecule has 15 heavy (non-hydrogen) atoms. The van der Waals surface area contributed by atoms with Gasteiger partial charge in [-0.25, -0.2) is 0 Å². The fourth-order valence-corrected chi connectivity index (χ4v) is 2.41. The van der Waals surface area contributed by atoms with Crippen LogP contribution in [0.5, 0.6) is 0 Å². The molecule has 1 aliphatic rings. The Kier molecular flexibility index (Phi) is 6.51. The summed E-state index contributed by atoms with van der Waals surface area (Å²) < 4.78 is 5.95. The second-order valence-electron chi connectivity index (χ2n) is 5.38. The molecule has 0 radical (unpaired) electrons. The van der Waals surface area contributed by atoms with E-state index in [-0.39, 0.29) is 13.0 Å². The van der Waals surface area contributed by atoms with Gasteiger partial charge in [-0.05, 0) is 50.9 Å². The summed E-state index contributed by atoms with van der Waals surface area (Å²) in [5, 5.41) is 0. The van der Waals surface area contributed by atoms with Crippen LogP contribution < -0.4 is 0 Å². The van der Waals surface area contributed by atoms with E-state index < -0.39 is 0 Å². The molecule has 0 bridgehead atoms. The predicted molar refractivity (Wildman–Crippen MR) is 68.2 cm³/mol. The van der Waals surface area contributed by atoms with Gasteiger partial charge in [0.2, 0.25) is 0 Å². The highest BCUT2D eigenvalue weighted by molar-refractivity contribution is 4.84. The second-order valence-corrected chi connectivity index (χ2v) is 5.38. The van der Waals surface area contributed by atoms with Gasteiger partial charge in [-0.1, -0.05) is 28.2 Å². The van der Waals surface area contributed by atoms with E-state index in [0.717, 1.165) is 24.9 Å². The summed E-state index contributed by atoms with van der Waals surface area (Å²) in [6.45, 7) is 10.1. The Morgan fingerprint density at radius 3 is 2.20 bits per heavy atom. The van der Waals surface area contributed by atoms with Gasteiger partial charge < -0.3 is 4.74 Å². The van der Waals surface area contributed by atoms with E-state index >= 15 is 0 Å². The van der Waals surface area contributed by atoms with Gasteiger partial charge in [-0.15, -0.1) is 0 Å². The maximum Gasteiger partial charge on any atom is 0.0654 e. The SMILES string of the molecule is C.CCCOC1(C)CCC(C(C)C)CC1. The molecule has 0 aromatic rings. The van der Waals surface area contributed by atoms with Crippen LogP contribution in [-0.2, 0) is 4.74 Å². The summed E-state index contributed by atoms with van der Waals surface area (Å²) in [4.78, 5) is 0. The van der Waals surface area contributed by atoms with Crippen LogP contribution in [0.25, 0.3) is 0 Å². The van der Waals surface area contributed by atoms with Crippen molar-refractivity contribution in [2.24, 2.45) is 11.8 Å². The van der Waals surface area contributed by atoms with Crippen molar-refractivity contribution in [2.45, 2.75) is 72.8 Å². The average Bonchev–Trinajstić information content (AvgIpc) is 2.16. The normalized spacial score (nSPS) is 31.4. The molecule has 0 saturated heterocycles. The van der Waals surface area contributed by atoms with Crippen LogP contribution in [0.15, 0.2) is 0 Å². The lowest BCUT2D eigenvalue weighted by Crippen LogP contribution is -2.35. The van der Waals surface area contributed by atoms with Crippen molar-refractivity contribution in [3.05, 3.63) is 0 Å². The molecule has 0 amide bonds. The Hall–Kier alpha value is -0.0400. The molecule has 92 valence electrons. The van der Waals surface area contributed by atoms with Crippen LogP contribution in [0.4, 0.5) is 0 Å². The van der Waals surface area contributed by atoms with Crippen molar-refractivity contribution in [2.75, 3.05) is 6.61 Å². The van der Waals surface area contributed by atoms with Gasteiger partial charge in [0, 0.05) is 6.61 Å². The molecule has 1 fully saturated rings. The summed E-state index contributed by atoms with van der Waals surface area (Å²) in [5.41, 5.74) is 0.196. The zero-order chi connectivity index (χ0) is 10.6. The number of rotatable bonds is 4. The Bertz CT molecular complexity index is 155. The first-order valence-electron chi connectivity index (χ1n) is 6.21. The first-order valence-corrected chi connectivity index (χ1v) is 6.21. The van der Waals surface area contributed by atoms with Crippen LogP contribution >= 0.6 is 0 Å². The van der Waals surface area contributed by atoms with Gasteiger partial charge in [0.25, 0.3) is 0 Å². The second kappa shape index (κ2) is 6.52. The molecule has 0 spiro atoms. The van der Waals surface area contributed by atoms with Gasteiger partial charge in [-0.2, -0.15) is 0 Å². The van der Waals surface area contributed by atoms with E-state index in [1.807, 2.05) is 0 Å². The lowest BCUT2D eigenvalue weighted by atomic mass is 9.75. The third-order valence-electron chi connectivity index (χ3n) is 3.69. The average molecular weight is 214 g/mol. The van der Waals surface area contributed by atoms with Gasteiger partial charge in [0.05, 0.1) is 5.60 Å². The Morgan fingerprint density at radius 1 is 1.27 bits per heavy atom. The van der Waals surface area contributed by atoms with E-state index in [4.69, 9.17) is 4.74 Å². The molecule has 1 nitrogen and oxygen atoms in total. The summed E-state index contributed by atoms with van der Waals surface area (Å²) in [7, 11) is 0. The predicted octanol–water partition coefficient (Wildman–Crippen LogP) is 4.65. The molecule has 1 heteroatoms. The van der Waals surface area contributed by atoms with Crippen LogP contribution in [0.2, 0.25) is 0 Å². The van der Waals surface area contributed by atoms with E-state index in [0.29, 0.717) is 0 Å². The Labute approximate surface area is 96.6 Å². The van der Waals surface area contributed by atoms with E-state index in [9.17, 15) is 0 Å². The minimum Gasteiger partial charge on any atom is -0.375 e.